The van der Waals surface area contributed by atoms with Crippen LogP contribution in [0.1, 0.15) is 16.5 Å². The van der Waals surface area contributed by atoms with Crippen molar-refractivity contribution in [2.75, 3.05) is 5.32 Å². The fraction of sp³-hybridized carbons (Fsp3) is 0.0667. The summed E-state index contributed by atoms with van der Waals surface area (Å²) in [5.74, 6) is 0.724. The average Bonchev–Trinajstić information content (AvgIpc) is 3.24. The van der Waals surface area contributed by atoms with E-state index >= 15 is 0 Å². The number of nitrogens with one attached hydrogen (secondary N) is 1. The van der Waals surface area contributed by atoms with Crippen LogP contribution in [0.15, 0.2) is 60.0 Å². The van der Waals surface area contributed by atoms with E-state index in [2.05, 4.69) is 55.6 Å². The predicted octanol–water partition coefficient (Wildman–Crippen LogP) is 2.78. The zero-order valence-electron chi connectivity index (χ0n) is 11.5. The van der Waals surface area contributed by atoms with Crippen molar-refractivity contribution in [1.29, 1.82) is 0 Å². The minimum atomic E-state index is 0.0441. The average molecular weight is 308 g/mol. The van der Waals surface area contributed by atoms with E-state index < -0.39 is 0 Å². The maximum atomic E-state index is 4.38. The van der Waals surface area contributed by atoms with E-state index in [0.29, 0.717) is 5.65 Å². The third kappa shape index (κ3) is 2.42. The number of nitrogens with zero attached hydrogens (tertiary/aromatic N) is 5. The molecule has 0 aliphatic rings. The van der Waals surface area contributed by atoms with Crippen LogP contribution in [0.25, 0.3) is 5.65 Å². The molecule has 0 saturated heterocycles. The van der Waals surface area contributed by atoms with Crippen molar-refractivity contribution >= 4 is 22.8 Å². The van der Waals surface area contributed by atoms with Gasteiger partial charge in [-0.1, -0.05) is 36.4 Å². The third-order valence-electron chi connectivity index (χ3n) is 3.32. The first-order chi connectivity index (χ1) is 10.9. The van der Waals surface area contributed by atoms with Gasteiger partial charge in [0.15, 0.2) is 5.65 Å². The van der Waals surface area contributed by atoms with Gasteiger partial charge in [0.25, 0.3) is 0 Å². The molecule has 22 heavy (non-hydrogen) atoms. The SMILES string of the molecule is c1ccc([C@@H](Nc2ccc3nnnn3n2)c2cccs2)cc1. The summed E-state index contributed by atoms with van der Waals surface area (Å²) in [5.41, 5.74) is 1.81. The van der Waals surface area contributed by atoms with Gasteiger partial charge in [0, 0.05) is 4.88 Å². The first-order valence-electron chi connectivity index (χ1n) is 6.80. The zero-order chi connectivity index (χ0) is 14.8. The maximum Gasteiger partial charge on any atom is 0.200 e. The fourth-order valence-electron chi connectivity index (χ4n) is 2.29. The lowest BCUT2D eigenvalue weighted by Crippen LogP contribution is -2.13. The number of aromatic nitrogens is 5. The van der Waals surface area contributed by atoms with Gasteiger partial charge in [0.2, 0.25) is 0 Å². The Morgan fingerprint density at radius 2 is 1.91 bits per heavy atom. The summed E-state index contributed by atoms with van der Waals surface area (Å²) >= 11 is 1.71. The standard InChI is InChI=1S/C15H12N6S/c1-2-5-11(6-3-1)15(12-7-4-10-22-12)16-13-8-9-14-17-19-20-21(14)18-13/h1-10,15H,(H,16,18)/t15-/m1/s1. The number of anilines is 1. The molecule has 1 N–H and O–H groups in total. The number of hydrogen-bond donors (Lipinski definition) is 1. The van der Waals surface area contributed by atoms with Gasteiger partial charge in [-0.05, 0) is 39.6 Å². The summed E-state index contributed by atoms with van der Waals surface area (Å²) in [7, 11) is 0. The molecule has 0 fully saturated rings. The molecule has 7 heteroatoms. The summed E-state index contributed by atoms with van der Waals surface area (Å²) in [6.07, 6.45) is 0. The van der Waals surface area contributed by atoms with Crippen molar-refractivity contribution in [3.63, 3.8) is 0 Å². The van der Waals surface area contributed by atoms with Gasteiger partial charge < -0.3 is 5.32 Å². The molecule has 4 aromatic rings. The van der Waals surface area contributed by atoms with E-state index in [1.54, 1.807) is 11.3 Å². The molecular formula is C15H12N6S. The molecule has 0 amide bonds. The van der Waals surface area contributed by atoms with Crippen molar-refractivity contribution in [3.8, 4) is 0 Å². The van der Waals surface area contributed by atoms with Crippen LogP contribution < -0.4 is 5.32 Å². The predicted molar refractivity (Wildman–Crippen MR) is 84.8 cm³/mol. The van der Waals surface area contributed by atoms with Crippen molar-refractivity contribution < 1.29 is 0 Å². The molecule has 0 radical (unpaired) electrons. The van der Waals surface area contributed by atoms with Gasteiger partial charge >= 0.3 is 0 Å². The molecule has 6 nitrogen and oxygen atoms in total. The monoisotopic (exact) mass is 308 g/mol. The van der Waals surface area contributed by atoms with E-state index in [-0.39, 0.29) is 6.04 Å². The van der Waals surface area contributed by atoms with Crippen LogP contribution in [0, 0.1) is 0 Å². The van der Waals surface area contributed by atoms with Crippen LogP contribution in [0.3, 0.4) is 0 Å². The molecule has 0 unspecified atom stereocenters. The molecule has 0 aliphatic carbocycles. The lowest BCUT2D eigenvalue weighted by Gasteiger charge is -2.18. The maximum absolute atomic E-state index is 4.38. The zero-order valence-corrected chi connectivity index (χ0v) is 12.3. The van der Waals surface area contributed by atoms with E-state index in [9.17, 15) is 0 Å². The Labute approximate surface area is 130 Å². The second-order valence-electron chi connectivity index (χ2n) is 4.75. The fourth-order valence-corrected chi connectivity index (χ4v) is 3.10. The van der Waals surface area contributed by atoms with Gasteiger partial charge in [-0.3, -0.25) is 0 Å². The first-order valence-corrected chi connectivity index (χ1v) is 7.68. The number of rotatable bonds is 4. The normalized spacial score (nSPS) is 12.4. The van der Waals surface area contributed by atoms with Gasteiger partial charge in [-0.25, -0.2) is 0 Å². The summed E-state index contributed by atoms with van der Waals surface area (Å²) in [6, 6.07) is 18.2. The van der Waals surface area contributed by atoms with Crippen molar-refractivity contribution in [3.05, 3.63) is 70.4 Å². The minimum absolute atomic E-state index is 0.0441. The molecular weight excluding hydrogens is 296 g/mol. The first kappa shape index (κ1) is 12.9. The number of benzene rings is 1. The molecule has 0 aliphatic heterocycles. The van der Waals surface area contributed by atoms with Crippen LogP contribution >= 0.6 is 11.3 Å². The topological polar surface area (TPSA) is 68.0 Å². The van der Waals surface area contributed by atoms with Gasteiger partial charge in [0.05, 0.1) is 6.04 Å². The Morgan fingerprint density at radius 1 is 1.00 bits per heavy atom. The number of fused-ring (bicyclic) bond motifs is 1. The molecule has 1 aromatic carbocycles. The van der Waals surface area contributed by atoms with E-state index in [1.807, 2.05) is 30.3 Å². The van der Waals surface area contributed by atoms with Gasteiger partial charge in [-0.15, -0.1) is 26.2 Å². The molecule has 1 atom stereocenters. The van der Waals surface area contributed by atoms with E-state index in [1.165, 1.54) is 15.1 Å². The Bertz CT molecular complexity index is 871. The summed E-state index contributed by atoms with van der Waals surface area (Å²) in [4.78, 5) is 1.23. The van der Waals surface area contributed by atoms with Crippen molar-refractivity contribution in [2.45, 2.75) is 6.04 Å². The highest BCUT2D eigenvalue weighted by atomic mass is 32.1. The summed E-state index contributed by atoms with van der Waals surface area (Å²) in [6.45, 7) is 0. The number of hydrogen-bond acceptors (Lipinski definition) is 6. The summed E-state index contributed by atoms with van der Waals surface area (Å²) in [5, 5.41) is 21.2. The van der Waals surface area contributed by atoms with Gasteiger partial charge in [-0.2, -0.15) is 0 Å². The highest BCUT2D eigenvalue weighted by molar-refractivity contribution is 7.10. The molecule has 3 aromatic heterocycles. The van der Waals surface area contributed by atoms with Crippen LogP contribution in [0.2, 0.25) is 0 Å². The highest BCUT2D eigenvalue weighted by Gasteiger charge is 2.15. The van der Waals surface area contributed by atoms with Crippen molar-refractivity contribution in [2.24, 2.45) is 0 Å². The Kier molecular flexibility index (Phi) is 3.24. The lowest BCUT2D eigenvalue weighted by atomic mass is 10.1. The van der Waals surface area contributed by atoms with Crippen LogP contribution in [0.5, 0.6) is 0 Å². The van der Waals surface area contributed by atoms with Crippen molar-refractivity contribution in [1.82, 2.24) is 25.3 Å². The molecule has 108 valence electrons. The minimum Gasteiger partial charge on any atom is -0.357 e. The second-order valence-corrected chi connectivity index (χ2v) is 5.73. The molecule has 0 saturated carbocycles. The van der Waals surface area contributed by atoms with Crippen LogP contribution in [-0.2, 0) is 0 Å². The largest absolute Gasteiger partial charge is 0.357 e. The second kappa shape index (κ2) is 5.53. The van der Waals surface area contributed by atoms with Crippen LogP contribution in [0.4, 0.5) is 5.82 Å². The quantitative estimate of drug-likeness (QED) is 0.628. The third-order valence-corrected chi connectivity index (χ3v) is 4.26. The van der Waals surface area contributed by atoms with Crippen LogP contribution in [-0.4, -0.2) is 25.3 Å². The molecule has 3 heterocycles. The number of thiophene rings is 1. The Balaban J connectivity index is 1.72. The Morgan fingerprint density at radius 3 is 2.73 bits per heavy atom. The van der Waals surface area contributed by atoms with E-state index in [0.717, 1.165) is 5.82 Å². The number of tetrazole rings is 1. The van der Waals surface area contributed by atoms with Gasteiger partial charge in [0.1, 0.15) is 5.82 Å². The Hall–Kier alpha value is -2.80. The molecule has 4 rings (SSSR count). The molecule has 0 bridgehead atoms. The lowest BCUT2D eigenvalue weighted by molar-refractivity contribution is 0.731. The highest BCUT2D eigenvalue weighted by Crippen LogP contribution is 2.29. The van der Waals surface area contributed by atoms with E-state index in [4.69, 9.17) is 0 Å². The molecule has 0 spiro atoms. The summed E-state index contributed by atoms with van der Waals surface area (Å²) < 4.78 is 1.42. The smallest absolute Gasteiger partial charge is 0.200 e.